The number of aliphatic carboxylic acids is 1. The van der Waals surface area contributed by atoms with Gasteiger partial charge in [0.25, 0.3) is 0 Å². The van der Waals surface area contributed by atoms with Crippen molar-refractivity contribution < 1.29 is 19.1 Å². The van der Waals surface area contributed by atoms with E-state index in [-0.39, 0.29) is 18.8 Å². The third kappa shape index (κ3) is 4.95. The normalized spacial score (nSPS) is 10.9. The van der Waals surface area contributed by atoms with Crippen molar-refractivity contribution in [2.45, 2.75) is 25.8 Å². The minimum absolute atomic E-state index is 0.0562. The fourth-order valence-electron chi connectivity index (χ4n) is 1.55. The maximum Gasteiger partial charge on any atom is 0.315 e. The predicted molar refractivity (Wildman–Crippen MR) is 68.2 cm³/mol. The molecule has 5 nitrogen and oxygen atoms in total. The molecule has 0 heterocycles. The Morgan fingerprint density at radius 1 is 1.26 bits per heavy atom. The van der Waals surface area contributed by atoms with Crippen LogP contribution in [0.4, 0.5) is 9.18 Å². The number of hydrogen-bond donors (Lipinski definition) is 3. The van der Waals surface area contributed by atoms with E-state index in [0.717, 1.165) is 5.56 Å². The Hall–Kier alpha value is -2.11. The SMILES string of the molecule is CC(C)(NC(=O)NCCC(=O)O)c1ccc(F)cc1. The van der Waals surface area contributed by atoms with E-state index >= 15 is 0 Å². The van der Waals surface area contributed by atoms with E-state index in [9.17, 15) is 14.0 Å². The number of rotatable bonds is 5. The maximum absolute atomic E-state index is 12.8. The molecule has 0 spiro atoms. The first kappa shape index (κ1) is 14.9. The molecule has 2 amide bonds. The van der Waals surface area contributed by atoms with Gasteiger partial charge in [-0.2, -0.15) is 0 Å². The summed E-state index contributed by atoms with van der Waals surface area (Å²) in [5.74, 6) is -1.32. The van der Waals surface area contributed by atoms with Gasteiger partial charge in [-0.1, -0.05) is 12.1 Å². The van der Waals surface area contributed by atoms with Crippen LogP contribution >= 0.6 is 0 Å². The number of carboxylic acid groups (broad SMARTS) is 1. The highest BCUT2D eigenvalue weighted by Crippen LogP contribution is 2.19. The molecular formula is C13H17FN2O3. The lowest BCUT2D eigenvalue weighted by Gasteiger charge is -2.27. The van der Waals surface area contributed by atoms with E-state index in [1.165, 1.54) is 12.1 Å². The second kappa shape index (κ2) is 6.17. The van der Waals surface area contributed by atoms with Gasteiger partial charge in [-0.25, -0.2) is 9.18 Å². The summed E-state index contributed by atoms with van der Waals surface area (Å²) in [5, 5.41) is 13.6. The number of benzene rings is 1. The Labute approximate surface area is 110 Å². The fraction of sp³-hybridized carbons (Fsp3) is 0.385. The van der Waals surface area contributed by atoms with Crippen molar-refractivity contribution in [1.82, 2.24) is 10.6 Å². The molecule has 19 heavy (non-hydrogen) atoms. The van der Waals surface area contributed by atoms with Crippen LogP contribution in [0.1, 0.15) is 25.8 Å². The molecule has 0 aliphatic heterocycles. The molecule has 0 aliphatic rings. The number of carboxylic acids is 1. The van der Waals surface area contributed by atoms with Crippen LogP contribution in [0.5, 0.6) is 0 Å². The van der Waals surface area contributed by atoms with Crippen molar-refractivity contribution in [1.29, 1.82) is 0 Å². The zero-order valence-corrected chi connectivity index (χ0v) is 10.9. The molecule has 1 aromatic carbocycles. The van der Waals surface area contributed by atoms with Gasteiger partial charge in [-0.3, -0.25) is 4.79 Å². The summed E-state index contributed by atoms with van der Waals surface area (Å²) in [7, 11) is 0. The average Bonchev–Trinajstić information content (AvgIpc) is 2.28. The molecule has 6 heteroatoms. The Morgan fingerprint density at radius 2 is 1.84 bits per heavy atom. The standard InChI is InChI=1S/C13H17FN2O3/c1-13(2,9-3-5-10(14)6-4-9)16-12(19)15-8-7-11(17)18/h3-6H,7-8H2,1-2H3,(H,17,18)(H2,15,16,19). The van der Waals surface area contributed by atoms with E-state index in [1.807, 2.05) is 0 Å². The van der Waals surface area contributed by atoms with E-state index < -0.39 is 17.5 Å². The molecule has 0 radical (unpaired) electrons. The fourth-order valence-corrected chi connectivity index (χ4v) is 1.55. The van der Waals surface area contributed by atoms with E-state index in [0.29, 0.717) is 0 Å². The third-order valence-electron chi connectivity index (χ3n) is 2.62. The number of amides is 2. The second-order valence-corrected chi connectivity index (χ2v) is 4.66. The highest BCUT2D eigenvalue weighted by Gasteiger charge is 2.22. The van der Waals surface area contributed by atoms with Crippen molar-refractivity contribution in [3.8, 4) is 0 Å². The van der Waals surface area contributed by atoms with Gasteiger partial charge in [0.15, 0.2) is 0 Å². The van der Waals surface area contributed by atoms with E-state index in [4.69, 9.17) is 5.11 Å². The number of nitrogens with one attached hydrogen (secondary N) is 2. The van der Waals surface area contributed by atoms with Gasteiger partial charge >= 0.3 is 12.0 Å². The minimum atomic E-state index is -0.974. The summed E-state index contributed by atoms with van der Waals surface area (Å²) in [6.07, 6.45) is -0.135. The van der Waals surface area contributed by atoms with Gasteiger partial charge in [0.2, 0.25) is 0 Å². The van der Waals surface area contributed by atoms with Gasteiger partial charge in [0, 0.05) is 6.54 Å². The van der Waals surface area contributed by atoms with Gasteiger partial charge in [0.1, 0.15) is 5.82 Å². The molecule has 0 aliphatic carbocycles. The molecule has 1 rings (SSSR count). The Balaban J connectivity index is 2.56. The molecule has 0 aromatic heterocycles. The van der Waals surface area contributed by atoms with Crippen LogP contribution in [0.2, 0.25) is 0 Å². The van der Waals surface area contributed by atoms with Crippen molar-refractivity contribution in [2.75, 3.05) is 6.54 Å². The number of urea groups is 1. The lowest BCUT2D eigenvalue weighted by Crippen LogP contribution is -2.46. The minimum Gasteiger partial charge on any atom is -0.481 e. The first-order valence-corrected chi connectivity index (χ1v) is 5.85. The molecule has 104 valence electrons. The summed E-state index contributed by atoms with van der Waals surface area (Å²) in [4.78, 5) is 21.9. The lowest BCUT2D eigenvalue weighted by atomic mass is 9.94. The maximum atomic E-state index is 12.8. The summed E-state index contributed by atoms with van der Waals surface area (Å²) >= 11 is 0. The van der Waals surface area contributed by atoms with Crippen molar-refractivity contribution >= 4 is 12.0 Å². The predicted octanol–water partition coefficient (Wildman–Crippen LogP) is 1.83. The van der Waals surface area contributed by atoms with Gasteiger partial charge in [-0.15, -0.1) is 0 Å². The monoisotopic (exact) mass is 268 g/mol. The Morgan fingerprint density at radius 3 is 2.37 bits per heavy atom. The van der Waals surface area contributed by atoms with Crippen molar-refractivity contribution in [3.05, 3.63) is 35.6 Å². The largest absolute Gasteiger partial charge is 0.481 e. The second-order valence-electron chi connectivity index (χ2n) is 4.66. The zero-order valence-electron chi connectivity index (χ0n) is 10.9. The van der Waals surface area contributed by atoms with Crippen LogP contribution in [-0.2, 0) is 10.3 Å². The summed E-state index contributed by atoms with van der Waals surface area (Å²) in [5.41, 5.74) is 0.0726. The van der Waals surface area contributed by atoms with Crippen LogP contribution in [0.25, 0.3) is 0 Å². The highest BCUT2D eigenvalue weighted by atomic mass is 19.1. The number of carbonyl (C=O) groups is 2. The zero-order chi connectivity index (χ0) is 14.5. The first-order chi connectivity index (χ1) is 8.81. The smallest absolute Gasteiger partial charge is 0.315 e. The molecule has 3 N–H and O–H groups in total. The number of halogens is 1. The topological polar surface area (TPSA) is 78.4 Å². The van der Waals surface area contributed by atoms with E-state index in [2.05, 4.69) is 10.6 Å². The Kier molecular flexibility index (Phi) is 4.86. The van der Waals surface area contributed by atoms with Gasteiger partial charge < -0.3 is 15.7 Å². The van der Waals surface area contributed by atoms with Crippen LogP contribution in [0.15, 0.2) is 24.3 Å². The number of hydrogen-bond acceptors (Lipinski definition) is 2. The molecule has 1 aromatic rings. The summed E-state index contributed by atoms with van der Waals surface area (Å²) in [6.45, 7) is 3.61. The molecule has 0 saturated carbocycles. The van der Waals surface area contributed by atoms with Gasteiger partial charge in [-0.05, 0) is 31.5 Å². The van der Waals surface area contributed by atoms with Crippen molar-refractivity contribution in [2.24, 2.45) is 0 Å². The van der Waals surface area contributed by atoms with Crippen molar-refractivity contribution in [3.63, 3.8) is 0 Å². The van der Waals surface area contributed by atoms with Crippen LogP contribution in [-0.4, -0.2) is 23.7 Å². The van der Waals surface area contributed by atoms with E-state index in [1.54, 1.807) is 26.0 Å². The summed E-state index contributed by atoms with van der Waals surface area (Å²) in [6, 6.07) is 5.36. The molecule has 0 atom stereocenters. The quantitative estimate of drug-likeness (QED) is 0.762. The van der Waals surface area contributed by atoms with Crippen LogP contribution < -0.4 is 10.6 Å². The van der Waals surface area contributed by atoms with Gasteiger partial charge in [0.05, 0.1) is 12.0 Å². The molecular weight excluding hydrogens is 251 g/mol. The number of carbonyl (C=O) groups excluding carboxylic acids is 1. The summed E-state index contributed by atoms with van der Waals surface area (Å²) < 4.78 is 12.8. The third-order valence-corrected chi connectivity index (χ3v) is 2.62. The highest BCUT2D eigenvalue weighted by molar-refractivity contribution is 5.76. The molecule has 0 fully saturated rings. The Bertz CT molecular complexity index is 457. The lowest BCUT2D eigenvalue weighted by molar-refractivity contribution is -0.136. The molecule has 0 saturated heterocycles. The first-order valence-electron chi connectivity index (χ1n) is 5.85. The molecule has 0 unspecified atom stereocenters. The van der Waals surface area contributed by atoms with Crippen LogP contribution in [0.3, 0.4) is 0 Å². The van der Waals surface area contributed by atoms with Crippen LogP contribution in [0, 0.1) is 5.82 Å². The average molecular weight is 268 g/mol. The molecule has 0 bridgehead atoms.